The molecule has 0 saturated heterocycles. The Balaban J connectivity index is 2.44. The zero-order valence-corrected chi connectivity index (χ0v) is 9.23. The van der Waals surface area contributed by atoms with Crippen LogP contribution in [0.3, 0.4) is 0 Å². The van der Waals surface area contributed by atoms with Crippen molar-refractivity contribution in [2.45, 2.75) is 27.2 Å². The Labute approximate surface area is 88.6 Å². The van der Waals surface area contributed by atoms with Crippen molar-refractivity contribution in [2.75, 3.05) is 0 Å². The summed E-state index contributed by atoms with van der Waals surface area (Å²) >= 11 is 0. The third kappa shape index (κ3) is 2.09. The molecule has 4 nitrogen and oxygen atoms in total. The molecule has 0 aromatic carbocycles. The van der Waals surface area contributed by atoms with Gasteiger partial charge in [-0.1, -0.05) is 20.8 Å². The van der Waals surface area contributed by atoms with E-state index in [9.17, 15) is 5.11 Å². The molecule has 2 rings (SSSR count). The van der Waals surface area contributed by atoms with E-state index in [1.54, 1.807) is 22.8 Å². The molecule has 0 atom stereocenters. The first-order valence-electron chi connectivity index (χ1n) is 4.99. The van der Waals surface area contributed by atoms with Crippen LogP contribution in [0.4, 0.5) is 0 Å². The maximum atomic E-state index is 9.56. The summed E-state index contributed by atoms with van der Waals surface area (Å²) in [5.41, 5.74) is 0.678. The molecule has 0 radical (unpaired) electrons. The number of aromatic hydroxyl groups is 1. The predicted molar refractivity (Wildman–Crippen MR) is 57.8 cm³/mol. The van der Waals surface area contributed by atoms with Crippen molar-refractivity contribution in [1.82, 2.24) is 14.6 Å². The smallest absolute Gasteiger partial charge is 0.197 e. The van der Waals surface area contributed by atoms with Gasteiger partial charge >= 0.3 is 0 Å². The second-order valence-corrected chi connectivity index (χ2v) is 4.93. The number of hydrogen-bond acceptors (Lipinski definition) is 3. The highest BCUT2D eigenvalue weighted by Crippen LogP contribution is 2.21. The van der Waals surface area contributed by atoms with Crippen molar-refractivity contribution >= 4 is 5.65 Å². The van der Waals surface area contributed by atoms with Gasteiger partial charge in [0.2, 0.25) is 0 Å². The Morgan fingerprint density at radius 3 is 2.73 bits per heavy atom. The molecule has 4 heteroatoms. The fraction of sp³-hybridized carbons (Fsp3) is 0.455. The molecule has 0 aliphatic rings. The third-order valence-corrected chi connectivity index (χ3v) is 2.07. The molecule has 80 valence electrons. The van der Waals surface area contributed by atoms with E-state index in [0.29, 0.717) is 5.65 Å². The summed E-state index contributed by atoms with van der Waals surface area (Å²) < 4.78 is 1.61. The second kappa shape index (κ2) is 3.22. The van der Waals surface area contributed by atoms with Crippen LogP contribution in [0.5, 0.6) is 5.75 Å². The van der Waals surface area contributed by atoms with Crippen LogP contribution in [-0.2, 0) is 6.42 Å². The normalized spacial score (nSPS) is 12.2. The van der Waals surface area contributed by atoms with Crippen molar-refractivity contribution in [2.24, 2.45) is 5.41 Å². The van der Waals surface area contributed by atoms with E-state index in [-0.39, 0.29) is 11.2 Å². The molecule has 2 heterocycles. The molecular weight excluding hydrogens is 190 g/mol. The standard InChI is InChI=1S/C11H15N3O/c1-11(2,3)7-9-12-10-8(15)5-4-6-14(10)13-9/h4-6,15H,7H2,1-3H3. The third-order valence-electron chi connectivity index (χ3n) is 2.07. The Bertz CT molecular complexity index is 482. The Morgan fingerprint density at radius 2 is 2.13 bits per heavy atom. The number of aromatic nitrogens is 3. The monoisotopic (exact) mass is 205 g/mol. The maximum absolute atomic E-state index is 9.56. The Hall–Kier alpha value is -1.58. The first kappa shape index (κ1) is 9.96. The molecule has 2 aromatic rings. The quantitative estimate of drug-likeness (QED) is 0.775. The molecule has 1 N–H and O–H groups in total. The number of pyridine rings is 1. The van der Waals surface area contributed by atoms with Gasteiger partial charge in [-0.15, -0.1) is 0 Å². The van der Waals surface area contributed by atoms with Crippen LogP contribution < -0.4 is 0 Å². The fourth-order valence-electron chi connectivity index (χ4n) is 1.49. The van der Waals surface area contributed by atoms with Gasteiger partial charge in [-0.05, 0) is 17.5 Å². The van der Waals surface area contributed by atoms with Crippen LogP contribution in [0.15, 0.2) is 18.3 Å². The Kier molecular flexibility index (Phi) is 2.14. The van der Waals surface area contributed by atoms with Gasteiger partial charge in [0, 0.05) is 12.6 Å². The number of hydrogen-bond donors (Lipinski definition) is 1. The molecule has 0 aliphatic carbocycles. The molecule has 0 spiro atoms. The van der Waals surface area contributed by atoms with E-state index in [2.05, 4.69) is 30.9 Å². The van der Waals surface area contributed by atoms with Gasteiger partial charge in [-0.25, -0.2) is 9.50 Å². The van der Waals surface area contributed by atoms with E-state index in [4.69, 9.17) is 0 Å². The van der Waals surface area contributed by atoms with Crippen LogP contribution in [0, 0.1) is 5.41 Å². The van der Waals surface area contributed by atoms with Crippen molar-refractivity contribution in [1.29, 1.82) is 0 Å². The van der Waals surface area contributed by atoms with Gasteiger partial charge in [0.1, 0.15) is 0 Å². The summed E-state index contributed by atoms with van der Waals surface area (Å²) in [6, 6.07) is 3.36. The minimum atomic E-state index is 0.153. The van der Waals surface area contributed by atoms with E-state index in [0.717, 1.165) is 12.2 Å². The van der Waals surface area contributed by atoms with Gasteiger partial charge in [-0.3, -0.25) is 0 Å². The van der Waals surface area contributed by atoms with Crippen LogP contribution in [0.2, 0.25) is 0 Å². The van der Waals surface area contributed by atoms with Gasteiger partial charge in [0.15, 0.2) is 17.2 Å². The van der Waals surface area contributed by atoms with Crippen LogP contribution in [-0.4, -0.2) is 19.7 Å². The molecule has 2 aromatic heterocycles. The number of nitrogens with zero attached hydrogens (tertiary/aromatic N) is 3. The highest BCUT2D eigenvalue weighted by atomic mass is 16.3. The average Bonchev–Trinajstić information content (AvgIpc) is 2.45. The summed E-state index contributed by atoms with van der Waals surface area (Å²) in [4.78, 5) is 4.30. The summed E-state index contributed by atoms with van der Waals surface area (Å²) in [6.07, 6.45) is 2.59. The fourth-order valence-corrected chi connectivity index (χ4v) is 1.49. The zero-order chi connectivity index (χ0) is 11.1. The summed E-state index contributed by atoms with van der Waals surface area (Å²) in [5.74, 6) is 0.939. The van der Waals surface area contributed by atoms with Crippen molar-refractivity contribution < 1.29 is 5.11 Å². The van der Waals surface area contributed by atoms with Crippen molar-refractivity contribution in [3.63, 3.8) is 0 Å². The lowest BCUT2D eigenvalue weighted by Gasteiger charge is -2.14. The van der Waals surface area contributed by atoms with Gasteiger partial charge in [0.25, 0.3) is 0 Å². The highest BCUT2D eigenvalue weighted by Gasteiger charge is 2.15. The van der Waals surface area contributed by atoms with Crippen LogP contribution in [0.1, 0.15) is 26.6 Å². The molecule has 0 aliphatic heterocycles. The second-order valence-electron chi connectivity index (χ2n) is 4.93. The minimum Gasteiger partial charge on any atom is -0.504 e. The molecular formula is C11H15N3O. The lowest BCUT2D eigenvalue weighted by atomic mass is 9.92. The Morgan fingerprint density at radius 1 is 1.40 bits per heavy atom. The van der Waals surface area contributed by atoms with E-state index < -0.39 is 0 Å². The number of rotatable bonds is 1. The van der Waals surface area contributed by atoms with Gasteiger partial charge in [0.05, 0.1) is 0 Å². The average molecular weight is 205 g/mol. The van der Waals surface area contributed by atoms with Crippen LogP contribution >= 0.6 is 0 Å². The molecule has 0 fully saturated rings. The first-order valence-corrected chi connectivity index (χ1v) is 4.99. The number of fused-ring (bicyclic) bond motifs is 1. The minimum absolute atomic E-state index is 0.153. The lowest BCUT2D eigenvalue weighted by Crippen LogP contribution is -2.10. The largest absolute Gasteiger partial charge is 0.504 e. The van der Waals surface area contributed by atoms with E-state index in [1.165, 1.54) is 0 Å². The maximum Gasteiger partial charge on any atom is 0.197 e. The molecule has 0 amide bonds. The lowest BCUT2D eigenvalue weighted by molar-refractivity contribution is 0.401. The van der Waals surface area contributed by atoms with Crippen LogP contribution in [0.25, 0.3) is 5.65 Å². The molecule has 0 unspecified atom stereocenters. The summed E-state index contributed by atoms with van der Waals surface area (Å²) in [5, 5.41) is 13.9. The first-order chi connectivity index (χ1) is 6.96. The topological polar surface area (TPSA) is 50.4 Å². The summed E-state index contributed by atoms with van der Waals surface area (Å²) in [7, 11) is 0. The van der Waals surface area contributed by atoms with Crippen molar-refractivity contribution in [3.8, 4) is 5.75 Å². The van der Waals surface area contributed by atoms with Gasteiger partial charge < -0.3 is 5.11 Å². The highest BCUT2D eigenvalue weighted by molar-refractivity contribution is 5.51. The molecule has 0 saturated carbocycles. The van der Waals surface area contributed by atoms with E-state index >= 15 is 0 Å². The molecule has 15 heavy (non-hydrogen) atoms. The SMILES string of the molecule is CC(C)(C)Cc1nc2c(O)cccn2n1. The van der Waals surface area contributed by atoms with E-state index in [1.807, 2.05) is 0 Å². The zero-order valence-electron chi connectivity index (χ0n) is 9.23. The van der Waals surface area contributed by atoms with Crippen molar-refractivity contribution in [3.05, 3.63) is 24.2 Å². The summed E-state index contributed by atoms with van der Waals surface area (Å²) in [6.45, 7) is 6.41. The van der Waals surface area contributed by atoms with Gasteiger partial charge in [-0.2, -0.15) is 5.10 Å². The molecule has 0 bridgehead atoms. The predicted octanol–water partition coefficient (Wildman–Crippen LogP) is 2.02.